The zero-order valence-corrected chi connectivity index (χ0v) is 18.3. The Balaban J connectivity index is 1.43. The van der Waals surface area contributed by atoms with Crippen molar-refractivity contribution in [2.75, 3.05) is 0 Å². The van der Waals surface area contributed by atoms with Crippen LogP contribution in [0.1, 0.15) is 41.7 Å². The third-order valence-electron chi connectivity index (χ3n) is 6.18. The van der Waals surface area contributed by atoms with Crippen LogP contribution in [0.3, 0.4) is 0 Å². The van der Waals surface area contributed by atoms with Crippen LogP contribution in [0.25, 0.3) is 22.2 Å². The fourth-order valence-electron chi connectivity index (χ4n) is 4.39. The molecule has 0 spiro atoms. The molecule has 2 N–H and O–H groups in total. The average Bonchev–Trinajstić information content (AvgIpc) is 3.41. The van der Waals surface area contributed by atoms with Crippen LogP contribution in [0.4, 0.5) is 4.39 Å². The maximum atomic E-state index is 15.0. The third-order valence-corrected chi connectivity index (χ3v) is 6.18. The third kappa shape index (κ3) is 4.23. The van der Waals surface area contributed by atoms with Gasteiger partial charge in [0.2, 0.25) is 0 Å². The highest BCUT2D eigenvalue weighted by Crippen LogP contribution is 2.24. The van der Waals surface area contributed by atoms with Crippen LogP contribution in [-0.4, -0.2) is 47.7 Å². The number of pyridine rings is 1. The molecule has 0 radical (unpaired) electrons. The van der Waals surface area contributed by atoms with Gasteiger partial charge in [0, 0.05) is 30.6 Å². The second kappa shape index (κ2) is 8.74. The first kappa shape index (κ1) is 21.3. The van der Waals surface area contributed by atoms with Crippen molar-refractivity contribution in [1.29, 1.82) is 0 Å². The molecule has 3 heterocycles. The van der Waals surface area contributed by atoms with Gasteiger partial charge in [0.25, 0.3) is 5.91 Å². The molecule has 8 nitrogen and oxygen atoms in total. The van der Waals surface area contributed by atoms with Crippen molar-refractivity contribution in [2.24, 2.45) is 7.05 Å². The van der Waals surface area contributed by atoms with Crippen molar-refractivity contribution in [3.05, 3.63) is 66.0 Å². The molecule has 2 unspecified atom stereocenters. The fraction of sp³-hybridized carbons (Fsp3) is 0.333. The van der Waals surface area contributed by atoms with E-state index in [1.54, 1.807) is 33.9 Å². The molecular formula is C24H25FN6O2. The SMILES string of the molecule is Cn1cc(-c2ccc(Cn3nc(C(=O)NC4CCCCC4O)c4ncccc43)c(F)c2)cn1. The molecule has 2 atom stereocenters. The fourth-order valence-corrected chi connectivity index (χ4v) is 4.39. The van der Waals surface area contributed by atoms with Crippen LogP contribution in [-0.2, 0) is 13.6 Å². The number of aromatic nitrogens is 5. The molecule has 0 saturated heterocycles. The molecule has 33 heavy (non-hydrogen) atoms. The summed E-state index contributed by atoms with van der Waals surface area (Å²) in [4.78, 5) is 17.3. The minimum absolute atomic E-state index is 0.153. The zero-order valence-electron chi connectivity index (χ0n) is 18.3. The van der Waals surface area contributed by atoms with Gasteiger partial charge >= 0.3 is 0 Å². The molecule has 9 heteroatoms. The lowest BCUT2D eigenvalue weighted by Crippen LogP contribution is -2.45. The number of benzene rings is 1. The summed E-state index contributed by atoms with van der Waals surface area (Å²) < 4.78 is 18.2. The van der Waals surface area contributed by atoms with Gasteiger partial charge in [0.05, 0.1) is 30.4 Å². The van der Waals surface area contributed by atoms with Gasteiger partial charge in [-0.3, -0.25) is 19.1 Å². The zero-order chi connectivity index (χ0) is 22.9. The average molecular weight is 449 g/mol. The van der Waals surface area contributed by atoms with Gasteiger partial charge in [-0.15, -0.1) is 0 Å². The summed E-state index contributed by atoms with van der Waals surface area (Å²) in [6, 6.07) is 8.32. The van der Waals surface area contributed by atoms with E-state index in [0.29, 0.717) is 23.0 Å². The van der Waals surface area contributed by atoms with Crippen molar-refractivity contribution in [1.82, 2.24) is 29.9 Å². The van der Waals surface area contributed by atoms with Crippen molar-refractivity contribution in [3.8, 4) is 11.1 Å². The molecule has 4 aromatic rings. The molecule has 170 valence electrons. The van der Waals surface area contributed by atoms with Gasteiger partial charge in [-0.05, 0) is 36.6 Å². The molecule has 5 rings (SSSR count). The van der Waals surface area contributed by atoms with E-state index in [1.807, 2.05) is 25.4 Å². The van der Waals surface area contributed by atoms with Crippen LogP contribution in [0.5, 0.6) is 0 Å². The number of hydrogen-bond acceptors (Lipinski definition) is 5. The van der Waals surface area contributed by atoms with Crippen molar-refractivity contribution < 1.29 is 14.3 Å². The Kier molecular flexibility index (Phi) is 5.63. The van der Waals surface area contributed by atoms with Gasteiger partial charge in [-0.25, -0.2) is 4.39 Å². The lowest BCUT2D eigenvalue weighted by molar-refractivity contribution is 0.0714. The highest BCUT2D eigenvalue weighted by atomic mass is 19.1. The molecule has 1 amide bonds. The number of carbonyl (C=O) groups is 1. The number of amides is 1. The van der Waals surface area contributed by atoms with Crippen LogP contribution in [0.15, 0.2) is 48.9 Å². The Morgan fingerprint density at radius 3 is 2.85 bits per heavy atom. The summed E-state index contributed by atoms with van der Waals surface area (Å²) >= 11 is 0. The Morgan fingerprint density at radius 2 is 2.09 bits per heavy atom. The highest BCUT2D eigenvalue weighted by molar-refractivity contribution is 6.03. The van der Waals surface area contributed by atoms with Crippen LogP contribution in [0.2, 0.25) is 0 Å². The number of aliphatic hydroxyl groups is 1. The number of fused-ring (bicyclic) bond motifs is 1. The molecule has 0 bridgehead atoms. The first-order valence-corrected chi connectivity index (χ1v) is 11.1. The predicted molar refractivity (Wildman–Crippen MR) is 121 cm³/mol. The highest BCUT2D eigenvalue weighted by Gasteiger charge is 2.27. The lowest BCUT2D eigenvalue weighted by Gasteiger charge is -2.27. The van der Waals surface area contributed by atoms with E-state index >= 15 is 0 Å². The van der Waals surface area contributed by atoms with Crippen molar-refractivity contribution in [3.63, 3.8) is 0 Å². The number of nitrogens with zero attached hydrogens (tertiary/aromatic N) is 5. The molecule has 1 aliphatic carbocycles. The first-order valence-electron chi connectivity index (χ1n) is 11.1. The second-order valence-corrected chi connectivity index (χ2v) is 8.52. The number of aryl methyl sites for hydroxylation is 1. The summed E-state index contributed by atoms with van der Waals surface area (Å²) in [5, 5.41) is 21.7. The number of rotatable bonds is 5. The maximum absolute atomic E-state index is 15.0. The van der Waals surface area contributed by atoms with E-state index in [9.17, 15) is 14.3 Å². The number of aliphatic hydroxyl groups excluding tert-OH is 1. The minimum atomic E-state index is -0.559. The molecule has 1 fully saturated rings. The standard InChI is InChI=1S/C24H25FN6O2/c1-30-13-17(12-27-30)15-8-9-16(18(25)11-15)14-31-20-6-4-10-26-22(20)23(29-31)24(33)28-19-5-2-3-7-21(19)32/h4,6,8-13,19,21,32H,2-3,5,7,14H2,1H3,(H,28,33). The van der Waals surface area contributed by atoms with Crippen molar-refractivity contribution in [2.45, 2.75) is 44.4 Å². The monoisotopic (exact) mass is 448 g/mol. The predicted octanol–water partition coefficient (Wildman–Crippen LogP) is 3.05. The molecule has 1 aliphatic rings. The van der Waals surface area contributed by atoms with E-state index < -0.39 is 6.10 Å². The Labute approximate surface area is 190 Å². The topological polar surface area (TPSA) is 97.9 Å². The summed E-state index contributed by atoms with van der Waals surface area (Å²) in [6.07, 6.45) is 7.88. The normalized spacial score (nSPS) is 18.5. The van der Waals surface area contributed by atoms with Gasteiger partial charge in [-0.2, -0.15) is 10.2 Å². The molecule has 1 saturated carbocycles. The summed E-state index contributed by atoms with van der Waals surface area (Å²) in [5.41, 5.74) is 3.29. The smallest absolute Gasteiger partial charge is 0.274 e. The number of hydrogen-bond donors (Lipinski definition) is 2. The summed E-state index contributed by atoms with van der Waals surface area (Å²) in [5.74, 6) is -0.740. The van der Waals surface area contributed by atoms with Gasteiger partial charge < -0.3 is 10.4 Å². The Bertz CT molecular complexity index is 1310. The van der Waals surface area contributed by atoms with Gasteiger partial charge in [0.1, 0.15) is 11.3 Å². The lowest BCUT2D eigenvalue weighted by atomic mass is 9.92. The van der Waals surface area contributed by atoms with Gasteiger partial charge in [-0.1, -0.05) is 25.0 Å². The van der Waals surface area contributed by atoms with Crippen molar-refractivity contribution >= 4 is 16.9 Å². The van der Waals surface area contributed by atoms with Crippen LogP contribution in [0, 0.1) is 5.82 Å². The number of nitrogens with one attached hydrogen (secondary N) is 1. The van der Waals surface area contributed by atoms with Crippen LogP contribution >= 0.6 is 0 Å². The largest absolute Gasteiger partial charge is 0.391 e. The van der Waals surface area contributed by atoms with E-state index in [0.717, 1.165) is 30.4 Å². The quantitative estimate of drug-likeness (QED) is 0.489. The number of halogens is 1. The van der Waals surface area contributed by atoms with Crippen LogP contribution < -0.4 is 5.32 Å². The summed E-state index contributed by atoms with van der Waals surface area (Å²) in [7, 11) is 1.81. The van der Waals surface area contributed by atoms with E-state index in [4.69, 9.17) is 0 Å². The summed E-state index contributed by atoms with van der Waals surface area (Å²) in [6.45, 7) is 0.153. The molecule has 3 aromatic heterocycles. The molecule has 1 aromatic carbocycles. The Hall–Kier alpha value is -3.59. The van der Waals surface area contributed by atoms with E-state index in [-0.39, 0.29) is 30.0 Å². The van der Waals surface area contributed by atoms with E-state index in [1.165, 1.54) is 6.07 Å². The molecular weight excluding hydrogens is 423 g/mol. The maximum Gasteiger partial charge on any atom is 0.274 e. The second-order valence-electron chi connectivity index (χ2n) is 8.52. The molecule has 0 aliphatic heterocycles. The first-order chi connectivity index (χ1) is 16.0. The van der Waals surface area contributed by atoms with Gasteiger partial charge in [0.15, 0.2) is 5.69 Å². The number of carbonyl (C=O) groups excluding carboxylic acids is 1. The minimum Gasteiger partial charge on any atom is -0.391 e. The Morgan fingerprint density at radius 1 is 1.24 bits per heavy atom. The van der Waals surface area contributed by atoms with E-state index in [2.05, 4.69) is 20.5 Å².